The first-order valence-corrected chi connectivity index (χ1v) is 7.19. The molecule has 1 aromatic rings. The Morgan fingerprint density at radius 2 is 2.37 bits per heavy atom. The Labute approximate surface area is 119 Å². The van der Waals surface area contributed by atoms with E-state index in [9.17, 15) is 4.79 Å². The molecule has 19 heavy (non-hydrogen) atoms. The molecule has 2 rings (SSSR count). The summed E-state index contributed by atoms with van der Waals surface area (Å²) in [5, 5.41) is 3.75. The van der Waals surface area contributed by atoms with Crippen LogP contribution in [-0.4, -0.2) is 34.9 Å². The molecule has 0 unspecified atom stereocenters. The maximum absolute atomic E-state index is 12.1. The summed E-state index contributed by atoms with van der Waals surface area (Å²) in [7, 11) is 0. The summed E-state index contributed by atoms with van der Waals surface area (Å²) in [5.41, 5.74) is 0. The monoisotopic (exact) mass is 281 g/mol. The first-order chi connectivity index (χ1) is 9.16. The number of hydrogen-bond donors (Lipinski definition) is 1. The number of hydrogen-bond acceptors (Lipinski definition) is 3. The maximum Gasteiger partial charge on any atom is 0.224 e. The van der Waals surface area contributed by atoms with Gasteiger partial charge < -0.3 is 10.2 Å². The highest BCUT2D eigenvalue weighted by atomic mass is 35.5. The topological polar surface area (TPSA) is 45.2 Å². The van der Waals surface area contributed by atoms with Crippen molar-refractivity contribution in [2.45, 2.75) is 38.6 Å². The van der Waals surface area contributed by atoms with E-state index in [4.69, 9.17) is 11.6 Å². The van der Waals surface area contributed by atoms with E-state index >= 15 is 0 Å². The number of aromatic nitrogens is 1. The zero-order valence-electron chi connectivity index (χ0n) is 11.2. The Morgan fingerprint density at radius 1 is 1.53 bits per heavy atom. The average molecular weight is 282 g/mol. The molecule has 1 fully saturated rings. The number of nitrogens with zero attached hydrogens (tertiary/aromatic N) is 2. The van der Waals surface area contributed by atoms with Gasteiger partial charge in [0.05, 0.1) is 5.02 Å². The maximum atomic E-state index is 12.1. The fourth-order valence-electron chi connectivity index (χ4n) is 2.39. The van der Waals surface area contributed by atoms with E-state index in [1.54, 1.807) is 12.3 Å². The lowest BCUT2D eigenvalue weighted by atomic mass is 10.0. The van der Waals surface area contributed by atoms with Crippen LogP contribution in [0.2, 0.25) is 5.02 Å². The molecular formula is C14H20ClN3O. The minimum absolute atomic E-state index is 0.230. The van der Waals surface area contributed by atoms with E-state index in [1.807, 2.05) is 11.0 Å². The van der Waals surface area contributed by atoms with Crippen molar-refractivity contribution in [1.82, 2.24) is 9.88 Å². The van der Waals surface area contributed by atoms with Crippen molar-refractivity contribution in [3.8, 4) is 0 Å². The van der Waals surface area contributed by atoms with Gasteiger partial charge in [0.15, 0.2) is 0 Å². The molecule has 4 nitrogen and oxygen atoms in total. The first kappa shape index (κ1) is 14.1. The summed E-state index contributed by atoms with van der Waals surface area (Å²) in [6, 6.07) is 3.98. The third-order valence-corrected chi connectivity index (χ3v) is 3.72. The van der Waals surface area contributed by atoms with Gasteiger partial charge in [-0.25, -0.2) is 4.98 Å². The van der Waals surface area contributed by atoms with Crippen LogP contribution < -0.4 is 5.32 Å². The molecule has 0 aliphatic carbocycles. The van der Waals surface area contributed by atoms with E-state index in [0.717, 1.165) is 25.2 Å². The first-order valence-electron chi connectivity index (χ1n) is 6.82. The summed E-state index contributed by atoms with van der Waals surface area (Å²) in [5.74, 6) is 0.984. The predicted molar refractivity (Wildman–Crippen MR) is 77.4 cm³/mol. The molecule has 1 aliphatic rings. The van der Waals surface area contributed by atoms with Crippen LogP contribution in [-0.2, 0) is 4.79 Å². The zero-order chi connectivity index (χ0) is 13.7. The molecule has 104 valence electrons. The minimum atomic E-state index is 0.230. The van der Waals surface area contributed by atoms with Crippen LogP contribution in [0.5, 0.6) is 0 Å². The lowest BCUT2D eigenvalue weighted by molar-refractivity contribution is -0.134. The van der Waals surface area contributed by atoms with Crippen LogP contribution in [0.1, 0.15) is 32.6 Å². The van der Waals surface area contributed by atoms with Crippen molar-refractivity contribution in [3.63, 3.8) is 0 Å². The average Bonchev–Trinajstić information content (AvgIpc) is 2.41. The molecule has 0 radical (unpaired) electrons. The molecule has 1 atom stereocenters. The molecule has 1 amide bonds. The quantitative estimate of drug-likeness (QED) is 0.923. The Bertz CT molecular complexity index is 421. The lowest BCUT2D eigenvalue weighted by Crippen LogP contribution is -2.42. The standard InChI is InChI=1S/C14H20ClN3O/c1-11-4-2-3-9-18(11)14(19)7-8-16-13-6-5-12(15)10-17-13/h5-6,10-11H,2-4,7-9H2,1H3,(H,16,17)/t11-/m1/s1. The van der Waals surface area contributed by atoms with Crippen LogP contribution in [0, 0.1) is 0 Å². The summed E-state index contributed by atoms with van der Waals surface area (Å²) < 4.78 is 0. The van der Waals surface area contributed by atoms with Crippen LogP contribution in [0.3, 0.4) is 0 Å². The van der Waals surface area contributed by atoms with Gasteiger partial charge in [0.1, 0.15) is 5.82 Å². The Balaban J connectivity index is 1.75. The van der Waals surface area contributed by atoms with E-state index in [-0.39, 0.29) is 5.91 Å². The van der Waals surface area contributed by atoms with Gasteiger partial charge in [-0.2, -0.15) is 0 Å². The number of likely N-dealkylation sites (tertiary alicyclic amines) is 1. The molecular weight excluding hydrogens is 262 g/mol. The van der Waals surface area contributed by atoms with Gasteiger partial charge in [-0.3, -0.25) is 4.79 Å². The van der Waals surface area contributed by atoms with Gasteiger partial charge in [-0.1, -0.05) is 11.6 Å². The lowest BCUT2D eigenvalue weighted by Gasteiger charge is -2.33. The number of carbonyl (C=O) groups is 1. The van der Waals surface area contributed by atoms with Gasteiger partial charge in [0, 0.05) is 31.7 Å². The highest BCUT2D eigenvalue weighted by Crippen LogP contribution is 2.17. The molecule has 2 heterocycles. The number of pyridine rings is 1. The molecule has 0 aromatic carbocycles. The fraction of sp³-hybridized carbons (Fsp3) is 0.571. The van der Waals surface area contributed by atoms with Gasteiger partial charge in [-0.05, 0) is 38.3 Å². The molecule has 5 heteroatoms. The number of halogens is 1. The smallest absolute Gasteiger partial charge is 0.224 e. The highest BCUT2D eigenvalue weighted by molar-refractivity contribution is 6.30. The normalized spacial score (nSPS) is 19.3. The summed E-state index contributed by atoms with van der Waals surface area (Å²) in [6.07, 6.45) is 5.59. The van der Waals surface area contributed by atoms with Crippen molar-refractivity contribution in [1.29, 1.82) is 0 Å². The molecule has 0 saturated carbocycles. The van der Waals surface area contributed by atoms with Crippen molar-refractivity contribution >= 4 is 23.3 Å². The Morgan fingerprint density at radius 3 is 3.05 bits per heavy atom. The summed E-state index contributed by atoms with van der Waals surface area (Å²) in [4.78, 5) is 18.2. The van der Waals surface area contributed by atoms with Crippen LogP contribution in [0.15, 0.2) is 18.3 Å². The Hall–Kier alpha value is -1.29. The van der Waals surface area contributed by atoms with Gasteiger partial charge >= 0.3 is 0 Å². The van der Waals surface area contributed by atoms with E-state index < -0.39 is 0 Å². The zero-order valence-corrected chi connectivity index (χ0v) is 12.0. The molecule has 1 N–H and O–H groups in total. The SMILES string of the molecule is C[C@@H]1CCCCN1C(=O)CCNc1ccc(Cl)cn1. The minimum Gasteiger partial charge on any atom is -0.370 e. The molecule has 0 spiro atoms. The van der Waals surface area contributed by atoms with Crippen molar-refractivity contribution in [2.24, 2.45) is 0 Å². The summed E-state index contributed by atoms with van der Waals surface area (Å²) >= 11 is 5.76. The van der Waals surface area contributed by atoms with Gasteiger partial charge in [-0.15, -0.1) is 0 Å². The number of amides is 1. The van der Waals surface area contributed by atoms with Crippen LogP contribution in [0.25, 0.3) is 0 Å². The number of carbonyl (C=O) groups excluding carboxylic acids is 1. The largest absolute Gasteiger partial charge is 0.370 e. The van der Waals surface area contributed by atoms with E-state index in [2.05, 4.69) is 17.2 Å². The fourth-order valence-corrected chi connectivity index (χ4v) is 2.50. The number of nitrogens with one attached hydrogen (secondary N) is 1. The van der Waals surface area contributed by atoms with E-state index in [0.29, 0.717) is 24.0 Å². The second-order valence-corrected chi connectivity index (χ2v) is 5.41. The second-order valence-electron chi connectivity index (χ2n) is 4.97. The van der Waals surface area contributed by atoms with Crippen LogP contribution >= 0.6 is 11.6 Å². The highest BCUT2D eigenvalue weighted by Gasteiger charge is 2.22. The number of rotatable bonds is 4. The number of anilines is 1. The van der Waals surface area contributed by atoms with Crippen molar-refractivity contribution < 1.29 is 4.79 Å². The van der Waals surface area contributed by atoms with Crippen molar-refractivity contribution in [3.05, 3.63) is 23.4 Å². The van der Waals surface area contributed by atoms with Crippen LogP contribution in [0.4, 0.5) is 5.82 Å². The number of piperidine rings is 1. The third kappa shape index (κ3) is 4.10. The molecule has 1 aromatic heterocycles. The third-order valence-electron chi connectivity index (χ3n) is 3.50. The Kier molecular flexibility index (Phi) is 5.02. The molecule has 1 aliphatic heterocycles. The van der Waals surface area contributed by atoms with Crippen molar-refractivity contribution in [2.75, 3.05) is 18.4 Å². The molecule has 0 bridgehead atoms. The van der Waals surface area contributed by atoms with E-state index in [1.165, 1.54) is 6.42 Å². The second kappa shape index (κ2) is 6.75. The predicted octanol–water partition coefficient (Wildman–Crippen LogP) is 2.94. The molecule has 1 saturated heterocycles. The summed E-state index contributed by atoms with van der Waals surface area (Å²) in [6.45, 7) is 3.64. The van der Waals surface area contributed by atoms with Gasteiger partial charge in [0.2, 0.25) is 5.91 Å². The van der Waals surface area contributed by atoms with Gasteiger partial charge in [0.25, 0.3) is 0 Å².